The number of carboxylic acid groups (broad SMARTS) is 1. The summed E-state index contributed by atoms with van der Waals surface area (Å²) in [6.07, 6.45) is 0.760. The number of sulfone groups is 1. The summed E-state index contributed by atoms with van der Waals surface area (Å²) in [6, 6.07) is 0. The third kappa shape index (κ3) is 4.12. The molecule has 16 heavy (non-hydrogen) atoms. The van der Waals surface area contributed by atoms with Crippen LogP contribution in [0.15, 0.2) is 0 Å². The molecule has 0 aromatic rings. The fourth-order valence-electron chi connectivity index (χ4n) is 1.42. The van der Waals surface area contributed by atoms with E-state index in [2.05, 4.69) is 0 Å². The van der Waals surface area contributed by atoms with E-state index in [1.165, 1.54) is 0 Å². The molecule has 1 atom stereocenters. The summed E-state index contributed by atoms with van der Waals surface area (Å²) in [7, 11) is -3.10. The van der Waals surface area contributed by atoms with E-state index in [9.17, 15) is 13.2 Å². The third-order valence-electron chi connectivity index (χ3n) is 3.21. The lowest BCUT2D eigenvalue weighted by molar-refractivity contribution is -0.150. The van der Waals surface area contributed by atoms with Gasteiger partial charge in [0, 0.05) is 5.75 Å². The Morgan fingerprint density at radius 1 is 1.31 bits per heavy atom. The summed E-state index contributed by atoms with van der Waals surface area (Å²) in [5.74, 6) is -0.904. The highest BCUT2D eigenvalue weighted by molar-refractivity contribution is 7.91. The predicted octanol–water partition coefficient (Wildman–Crippen LogP) is 1.95. The first-order valence-electron chi connectivity index (χ1n) is 5.59. The number of hydrogen-bond acceptors (Lipinski definition) is 3. The SMILES string of the molecule is CCCS(=O)(=O)CCC(C)(C(=O)O)C(C)C. The van der Waals surface area contributed by atoms with E-state index in [-0.39, 0.29) is 23.8 Å². The molecule has 0 amide bonds. The molecule has 0 radical (unpaired) electrons. The van der Waals surface area contributed by atoms with E-state index >= 15 is 0 Å². The lowest BCUT2D eigenvalue weighted by Gasteiger charge is -2.28. The van der Waals surface area contributed by atoms with Crippen molar-refractivity contribution in [2.75, 3.05) is 11.5 Å². The molecule has 96 valence electrons. The average molecular weight is 250 g/mol. The minimum atomic E-state index is -3.10. The van der Waals surface area contributed by atoms with Gasteiger partial charge >= 0.3 is 5.97 Å². The van der Waals surface area contributed by atoms with Crippen LogP contribution in [0.3, 0.4) is 0 Å². The molecule has 0 saturated carbocycles. The van der Waals surface area contributed by atoms with Crippen molar-refractivity contribution in [1.29, 1.82) is 0 Å². The topological polar surface area (TPSA) is 71.4 Å². The van der Waals surface area contributed by atoms with Crippen LogP contribution in [0.2, 0.25) is 0 Å². The average Bonchev–Trinajstić information content (AvgIpc) is 2.13. The molecule has 0 fully saturated rings. The maximum atomic E-state index is 11.5. The Balaban J connectivity index is 4.64. The first kappa shape index (κ1) is 15.4. The standard InChI is InChI=1S/C11H22O4S/c1-5-7-16(14,15)8-6-11(4,9(2)3)10(12)13/h9H,5-8H2,1-4H3,(H,12,13). The molecular formula is C11H22O4S. The van der Waals surface area contributed by atoms with Gasteiger partial charge in [-0.15, -0.1) is 0 Å². The number of carboxylic acids is 1. The molecule has 4 nitrogen and oxygen atoms in total. The van der Waals surface area contributed by atoms with Crippen molar-refractivity contribution in [3.63, 3.8) is 0 Å². The Kier molecular flexibility index (Phi) is 5.46. The zero-order valence-corrected chi connectivity index (χ0v) is 11.3. The Bertz CT molecular complexity index is 332. The molecular weight excluding hydrogens is 228 g/mol. The first-order chi connectivity index (χ1) is 7.15. The van der Waals surface area contributed by atoms with Gasteiger partial charge in [0.25, 0.3) is 0 Å². The smallest absolute Gasteiger partial charge is 0.309 e. The van der Waals surface area contributed by atoms with Gasteiger partial charge in [-0.2, -0.15) is 0 Å². The van der Waals surface area contributed by atoms with Crippen molar-refractivity contribution in [3.8, 4) is 0 Å². The number of carbonyl (C=O) groups is 1. The second-order valence-corrected chi connectivity index (χ2v) is 7.08. The van der Waals surface area contributed by atoms with Crippen LogP contribution in [0.25, 0.3) is 0 Å². The van der Waals surface area contributed by atoms with Gasteiger partial charge in [0.1, 0.15) is 9.84 Å². The largest absolute Gasteiger partial charge is 0.481 e. The third-order valence-corrected chi connectivity index (χ3v) is 5.07. The Labute approximate surface area is 98.0 Å². The van der Waals surface area contributed by atoms with Crippen LogP contribution in [-0.2, 0) is 14.6 Å². The summed E-state index contributed by atoms with van der Waals surface area (Å²) in [4.78, 5) is 11.1. The number of aliphatic carboxylic acids is 1. The molecule has 0 aromatic carbocycles. The molecule has 0 aliphatic carbocycles. The van der Waals surface area contributed by atoms with Gasteiger partial charge in [0.2, 0.25) is 0 Å². The van der Waals surface area contributed by atoms with Gasteiger partial charge in [-0.3, -0.25) is 4.79 Å². The summed E-state index contributed by atoms with van der Waals surface area (Å²) in [6.45, 7) is 7.03. The molecule has 0 bridgehead atoms. The first-order valence-corrected chi connectivity index (χ1v) is 7.41. The van der Waals surface area contributed by atoms with E-state index in [0.717, 1.165) is 0 Å². The zero-order valence-electron chi connectivity index (χ0n) is 10.5. The van der Waals surface area contributed by atoms with Crippen molar-refractivity contribution in [3.05, 3.63) is 0 Å². The summed E-state index contributed by atoms with van der Waals surface area (Å²) in [5, 5.41) is 9.13. The fraction of sp³-hybridized carbons (Fsp3) is 0.909. The quantitative estimate of drug-likeness (QED) is 0.749. The van der Waals surface area contributed by atoms with Crippen LogP contribution in [0.4, 0.5) is 0 Å². The molecule has 0 saturated heterocycles. The van der Waals surface area contributed by atoms with Gasteiger partial charge in [0.15, 0.2) is 0 Å². The van der Waals surface area contributed by atoms with Crippen molar-refractivity contribution in [1.82, 2.24) is 0 Å². The van der Waals surface area contributed by atoms with Crippen molar-refractivity contribution in [2.24, 2.45) is 11.3 Å². The summed E-state index contributed by atoms with van der Waals surface area (Å²) in [5.41, 5.74) is -0.958. The highest BCUT2D eigenvalue weighted by atomic mass is 32.2. The second kappa shape index (κ2) is 5.66. The van der Waals surface area contributed by atoms with Crippen LogP contribution in [0, 0.1) is 11.3 Å². The minimum Gasteiger partial charge on any atom is -0.481 e. The van der Waals surface area contributed by atoms with E-state index in [0.29, 0.717) is 6.42 Å². The van der Waals surface area contributed by atoms with Gasteiger partial charge in [-0.1, -0.05) is 20.8 Å². The highest BCUT2D eigenvalue weighted by Gasteiger charge is 2.37. The lowest BCUT2D eigenvalue weighted by atomic mass is 9.77. The van der Waals surface area contributed by atoms with Gasteiger partial charge in [-0.25, -0.2) is 8.42 Å². The van der Waals surface area contributed by atoms with Crippen molar-refractivity contribution in [2.45, 2.75) is 40.5 Å². The Morgan fingerprint density at radius 3 is 2.12 bits per heavy atom. The molecule has 5 heteroatoms. The van der Waals surface area contributed by atoms with E-state index in [4.69, 9.17) is 5.11 Å². The van der Waals surface area contributed by atoms with Crippen LogP contribution < -0.4 is 0 Å². The lowest BCUT2D eigenvalue weighted by Crippen LogP contribution is -2.35. The van der Waals surface area contributed by atoms with Crippen LogP contribution in [0.5, 0.6) is 0 Å². The van der Waals surface area contributed by atoms with Gasteiger partial charge in [-0.05, 0) is 25.7 Å². The fourth-order valence-corrected chi connectivity index (χ4v) is 2.98. The normalized spacial score (nSPS) is 16.1. The number of hydrogen-bond donors (Lipinski definition) is 1. The van der Waals surface area contributed by atoms with Gasteiger partial charge in [0.05, 0.1) is 11.2 Å². The molecule has 1 N–H and O–H groups in total. The Hall–Kier alpha value is -0.580. The van der Waals surface area contributed by atoms with E-state index < -0.39 is 21.2 Å². The van der Waals surface area contributed by atoms with Gasteiger partial charge < -0.3 is 5.11 Å². The predicted molar refractivity (Wildman–Crippen MR) is 64.1 cm³/mol. The maximum absolute atomic E-state index is 11.5. The molecule has 0 aromatic heterocycles. The molecule has 1 unspecified atom stereocenters. The molecule has 0 rings (SSSR count). The zero-order chi connectivity index (χ0) is 13.0. The molecule has 0 aliphatic rings. The van der Waals surface area contributed by atoms with E-state index in [1.54, 1.807) is 27.7 Å². The van der Waals surface area contributed by atoms with Crippen molar-refractivity contribution < 1.29 is 18.3 Å². The highest BCUT2D eigenvalue weighted by Crippen LogP contribution is 2.31. The van der Waals surface area contributed by atoms with Crippen molar-refractivity contribution >= 4 is 15.8 Å². The molecule has 0 aliphatic heterocycles. The van der Waals surface area contributed by atoms with Crippen LogP contribution in [-0.4, -0.2) is 31.0 Å². The minimum absolute atomic E-state index is 0.0399. The second-order valence-electron chi connectivity index (χ2n) is 4.78. The molecule has 0 heterocycles. The number of rotatable bonds is 7. The Morgan fingerprint density at radius 2 is 1.81 bits per heavy atom. The molecule has 0 spiro atoms. The monoisotopic (exact) mass is 250 g/mol. The summed E-state index contributed by atoms with van der Waals surface area (Å²) < 4.78 is 23.1. The van der Waals surface area contributed by atoms with E-state index in [1.807, 2.05) is 0 Å². The summed E-state index contributed by atoms with van der Waals surface area (Å²) >= 11 is 0. The van der Waals surface area contributed by atoms with Crippen LogP contribution in [0.1, 0.15) is 40.5 Å². The van der Waals surface area contributed by atoms with Crippen LogP contribution >= 0.6 is 0 Å². The maximum Gasteiger partial charge on any atom is 0.309 e.